The summed E-state index contributed by atoms with van der Waals surface area (Å²) in [7, 11) is 2.13. The summed E-state index contributed by atoms with van der Waals surface area (Å²) < 4.78 is 5.42. The summed E-state index contributed by atoms with van der Waals surface area (Å²) >= 11 is 0. The van der Waals surface area contributed by atoms with Crippen molar-refractivity contribution in [1.29, 1.82) is 0 Å². The van der Waals surface area contributed by atoms with E-state index < -0.39 is 0 Å². The average Bonchev–Trinajstić information content (AvgIpc) is 2.74. The fourth-order valence-corrected chi connectivity index (χ4v) is 2.05. The number of aromatic nitrogens is 1. The van der Waals surface area contributed by atoms with Crippen molar-refractivity contribution in [2.45, 2.75) is 60.7 Å². The maximum Gasteiger partial charge on any atom is 0.151 e. The summed E-state index contributed by atoms with van der Waals surface area (Å²) in [6.07, 6.45) is 0. The molecule has 0 spiro atoms. The first-order valence-corrected chi connectivity index (χ1v) is 7.55. The topological polar surface area (TPSA) is 41.3 Å². The third-order valence-electron chi connectivity index (χ3n) is 3.79. The van der Waals surface area contributed by atoms with Crippen LogP contribution in [0, 0.1) is 11.3 Å². The molecule has 1 heterocycles. The molecule has 0 saturated carbocycles. The number of hydrogen-bond acceptors (Lipinski definition) is 4. The van der Waals surface area contributed by atoms with E-state index in [0.29, 0.717) is 12.0 Å². The van der Waals surface area contributed by atoms with Crippen LogP contribution in [0.4, 0.5) is 0 Å². The van der Waals surface area contributed by atoms with Crippen molar-refractivity contribution in [3.8, 4) is 0 Å². The van der Waals surface area contributed by atoms with E-state index in [1.807, 2.05) is 0 Å². The van der Waals surface area contributed by atoms with Crippen molar-refractivity contribution in [1.82, 2.24) is 15.4 Å². The first-order valence-electron chi connectivity index (χ1n) is 7.55. The standard InChI is InChI=1S/C16H31N3O/c1-12(2)9-17-10-14-8-15(20-18-14)11-19(7)13(3)16(4,5)6/h8,12-13,17H,9-11H2,1-7H3. The lowest BCUT2D eigenvalue weighted by molar-refractivity contribution is 0.124. The Kier molecular flexibility index (Phi) is 6.21. The third-order valence-corrected chi connectivity index (χ3v) is 3.79. The van der Waals surface area contributed by atoms with Gasteiger partial charge in [-0.05, 0) is 31.8 Å². The van der Waals surface area contributed by atoms with Gasteiger partial charge in [0.05, 0.1) is 12.2 Å². The van der Waals surface area contributed by atoms with Crippen LogP contribution < -0.4 is 5.32 Å². The number of hydrogen-bond donors (Lipinski definition) is 1. The molecule has 1 unspecified atom stereocenters. The molecule has 1 atom stereocenters. The Morgan fingerprint density at radius 1 is 1.30 bits per heavy atom. The fourth-order valence-electron chi connectivity index (χ4n) is 2.05. The van der Waals surface area contributed by atoms with Gasteiger partial charge in [0.1, 0.15) is 0 Å². The normalized spacial score (nSPS) is 14.2. The Balaban J connectivity index is 2.47. The number of nitrogens with one attached hydrogen (secondary N) is 1. The Morgan fingerprint density at radius 2 is 1.95 bits per heavy atom. The van der Waals surface area contributed by atoms with E-state index in [1.165, 1.54) is 0 Å². The molecule has 20 heavy (non-hydrogen) atoms. The van der Waals surface area contributed by atoms with Gasteiger partial charge in [-0.25, -0.2) is 0 Å². The van der Waals surface area contributed by atoms with Crippen LogP contribution >= 0.6 is 0 Å². The third kappa shape index (κ3) is 5.63. The maximum atomic E-state index is 5.42. The Labute approximate surface area is 123 Å². The van der Waals surface area contributed by atoms with Gasteiger partial charge >= 0.3 is 0 Å². The zero-order valence-corrected chi connectivity index (χ0v) is 14.2. The zero-order valence-electron chi connectivity index (χ0n) is 14.2. The van der Waals surface area contributed by atoms with Gasteiger partial charge in [-0.3, -0.25) is 4.90 Å². The molecule has 4 heteroatoms. The van der Waals surface area contributed by atoms with Gasteiger partial charge in [0.25, 0.3) is 0 Å². The summed E-state index contributed by atoms with van der Waals surface area (Å²) in [6.45, 7) is 16.0. The largest absolute Gasteiger partial charge is 0.360 e. The predicted molar refractivity (Wildman–Crippen MR) is 83.4 cm³/mol. The van der Waals surface area contributed by atoms with Crippen molar-refractivity contribution < 1.29 is 4.52 Å². The van der Waals surface area contributed by atoms with E-state index in [1.54, 1.807) is 0 Å². The second kappa shape index (κ2) is 7.23. The second-order valence-corrected chi connectivity index (χ2v) is 7.27. The van der Waals surface area contributed by atoms with Crippen molar-refractivity contribution in [2.24, 2.45) is 11.3 Å². The highest BCUT2D eigenvalue weighted by atomic mass is 16.5. The lowest BCUT2D eigenvalue weighted by Crippen LogP contribution is -2.38. The number of nitrogens with zero attached hydrogens (tertiary/aromatic N) is 2. The van der Waals surface area contributed by atoms with Crippen molar-refractivity contribution in [2.75, 3.05) is 13.6 Å². The second-order valence-electron chi connectivity index (χ2n) is 7.27. The smallest absolute Gasteiger partial charge is 0.151 e. The van der Waals surface area contributed by atoms with Crippen LogP contribution in [0.15, 0.2) is 10.6 Å². The molecular formula is C16H31N3O. The Hall–Kier alpha value is -0.870. The van der Waals surface area contributed by atoms with Crippen molar-refractivity contribution in [3.63, 3.8) is 0 Å². The molecule has 4 nitrogen and oxygen atoms in total. The van der Waals surface area contributed by atoms with Crippen LogP contribution in [-0.4, -0.2) is 29.7 Å². The Morgan fingerprint density at radius 3 is 2.50 bits per heavy atom. The quantitative estimate of drug-likeness (QED) is 0.832. The number of rotatable bonds is 7. The summed E-state index contributed by atoms with van der Waals surface area (Å²) in [5, 5.41) is 7.50. The first kappa shape index (κ1) is 17.2. The molecule has 0 aromatic carbocycles. The van der Waals surface area contributed by atoms with Crippen molar-refractivity contribution in [3.05, 3.63) is 17.5 Å². The van der Waals surface area contributed by atoms with Gasteiger partial charge in [-0.15, -0.1) is 0 Å². The van der Waals surface area contributed by atoms with E-state index in [-0.39, 0.29) is 5.41 Å². The van der Waals surface area contributed by atoms with Crippen LogP contribution in [0.25, 0.3) is 0 Å². The molecule has 0 radical (unpaired) electrons. The van der Waals surface area contributed by atoms with E-state index in [2.05, 4.69) is 70.0 Å². The van der Waals surface area contributed by atoms with Crippen molar-refractivity contribution >= 4 is 0 Å². The van der Waals surface area contributed by atoms with Gasteiger partial charge in [-0.1, -0.05) is 39.8 Å². The maximum absolute atomic E-state index is 5.42. The minimum Gasteiger partial charge on any atom is -0.360 e. The highest BCUT2D eigenvalue weighted by molar-refractivity contribution is 5.05. The van der Waals surface area contributed by atoms with Gasteiger partial charge in [0.15, 0.2) is 5.76 Å². The molecule has 0 saturated heterocycles. The molecule has 1 aromatic rings. The molecule has 0 fully saturated rings. The lowest BCUT2D eigenvalue weighted by atomic mass is 9.87. The van der Waals surface area contributed by atoms with E-state index in [9.17, 15) is 0 Å². The molecule has 116 valence electrons. The molecule has 1 rings (SSSR count). The summed E-state index contributed by atoms with van der Waals surface area (Å²) in [5.74, 6) is 1.59. The van der Waals surface area contributed by atoms with Gasteiger partial charge in [-0.2, -0.15) is 0 Å². The minimum atomic E-state index is 0.260. The molecule has 0 amide bonds. The summed E-state index contributed by atoms with van der Waals surface area (Å²) in [5.41, 5.74) is 1.24. The van der Waals surface area contributed by atoms with E-state index in [0.717, 1.165) is 31.1 Å². The summed E-state index contributed by atoms with van der Waals surface area (Å²) in [6, 6.07) is 2.54. The summed E-state index contributed by atoms with van der Waals surface area (Å²) in [4.78, 5) is 2.31. The van der Waals surface area contributed by atoms with E-state index >= 15 is 0 Å². The molecule has 0 aliphatic heterocycles. The molecule has 0 bridgehead atoms. The molecule has 0 aliphatic rings. The highest BCUT2D eigenvalue weighted by Gasteiger charge is 2.24. The van der Waals surface area contributed by atoms with Gasteiger partial charge in [0.2, 0.25) is 0 Å². The molecule has 1 aromatic heterocycles. The average molecular weight is 281 g/mol. The molecular weight excluding hydrogens is 250 g/mol. The first-order chi connectivity index (χ1) is 9.20. The fraction of sp³-hybridized carbons (Fsp3) is 0.812. The van der Waals surface area contributed by atoms with Crippen LogP contribution in [-0.2, 0) is 13.1 Å². The lowest BCUT2D eigenvalue weighted by Gasteiger charge is -2.34. The highest BCUT2D eigenvalue weighted by Crippen LogP contribution is 2.24. The van der Waals surface area contributed by atoms with Gasteiger partial charge in [0, 0.05) is 18.7 Å². The molecule has 1 N–H and O–H groups in total. The SMILES string of the molecule is CC(C)CNCc1cc(CN(C)C(C)C(C)(C)C)on1. The zero-order chi connectivity index (χ0) is 15.3. The van der Waals surface area contributed by atoms with Crippen LogP contribution in [0.2, 0.25) is 0 Å². The van der Waals surface area contributed by atoms with E-state index in [4.69, 9.17) is 4.52 Å². The predicted octanol–water partition coefficient (Wildman–Crippen LogP) is 3.29. The Bertz CT molecular complexity index is 393. The van der Waals surface area contributed by atoms with Crippen LogP contribution in [0.3, 0.4) is 0 Å². The van der Waals surface area contributed by atoms with Crippen LogP contribution in [0.5, 0.6) is 0 Å². The molecule has 0 aliphatic carbocycles. The van der Waals surface area contributed by atoms with Gasteiger partial charge < -0.3 is 9.84 Å². The minimum absolute atomic E-state index is 0.260. The van der Waals surface area contributed by atoms with Crippen LogP contribution in [0.1, 0.15) is 53.0 Å². The monoisotopic (exact) mass is 281 g/mol.